The van der Waals surface area contributed by atoms with Gasteiger partial charge in [0.25, 0.3) is 5.91 Å². The normalized spacial score (nSPS) is 19.9. The predicted octanol–water partition coefficient (Wildman–Crippen LogP) is 0.608. The van der Waals surface area contributed by atoms with E-state index in [4.69, 9.17) is 0 Å². The summed E-state index contributed by atoms with van der Waals surface area (Å²) in [6.07, 6.45) is 0. The number of nitrogens with one attached hydrogen (secondary N) is 3. The monoisotopic (exact) mass is 332 g/mol. The molecule has 1 aromatic carbocycles. The molecule has 8 heteroatoms. The van der Waals surface area contributed by atoms with E-state index in [1.165, 1.54) is 0 Å². The van der Waals surface area contributed by atoms with Crippen molar-refractivity contribution in [1.29, 1.82) is 0 Å². The molecule has 0 radical (unpaired) electrons. The maximum Gasteiger partial charge on any atom is 0.325 e. The average Bonchev–Trinajstić information content (AvgIpc) is 2.72. The molecule has 1 fully saturated rings. The van der Waals surface area contributed by atoms with Gasteiger partial charge in [0.2, 0.25) is 5.91 Å². The lowest BCUT2D eigenvalue weighted by Gasteiger charge is -2.22. The third kappa shape index (κ3) is 3.37. The number of urea groups is 2. The number of amides is 6. The summed E-state index contributed by atoms with van der Waals surface area (Å²) < 4.78 is 0. The Balaban J connectivity index is 2.12. The lowest BCUT2D eigenvalue weighted by atomic mass is 9.91. The van der Waals surface area contributed by atoms with Crippen LogP contribution in [0.15, 0.2) is 24.3 Å². The number of carbonyl (C=O) groups excluding carboxylic acids is 4. The number of hydrogen-bond donors (Lipinski definition) is 3. The molecule has 1 aliphatic rings. The van der Waals surface area contributed by atoms with Gasteiger partial charge in [-0.1, -0.05) is 29.8 Å². The molecule has 0 spiro atoms. The van der Waals surface area contributed by atoms with E-state index in [0.717, 1.165) is 10.5 Å². The number of aryl methyl sites for hydroxylation is 1. The van der Waals surface area contributed by atoms with Crippen LogP contribution in [-0.2, 0) is 15.1 Å². The Morgan fingerprint density at radius 1 is 1.21 bits per heavy atom. The minimum Gasteiger partial charge on any atom is -0.338 e. The molecule has 8 nitrogen and oxygen atoms in total. The number of carbonyl (C=O) groups is 4. The highest BCUT2D eigenvalue weighted by molar-refractivity contribution is 6.10. The highest BCUT2D eigenvalue weighted by Gasteiger charge is 2.49. The summed E-state index contributed by atoms with van der Waals surface area (Å²) in [5.74, 6) is -1.28. The Labute approximate surface area is 139 Å². The summed E-state index contributed by atoms with van der Waals surface area (Å²) in [5.41, 5.74) is 0.409. The average molecular weight is 332 g/mol. The second-order valence-corrected chi connectivity index (χ2v) is 5.72. The Morgan fingerprint density at radius 2 is 1.83 bits per heavy atom. The molecule has 1 atom stereocenters. The number of benzene rings is 1. The quantitative estimate of drug-likeness (QED) is 0.702. The molecule has 3 N–H and O–H groups in total. The van der Waals surface area contributed by atoms with Crippen LogP contribution in [0.5, 0.6) is 0 Å². The van der Waals surface area contributed by atoms with Gasteiger partial charge in [0.05, 0.1) is 0 Å². The highest BCUT2D eigenvalue weighted by Crippen LogP contribution is 2.28. The number of imide groups is 2. The fourth-order valence-electron chi connectivity index (χ4n) is 2.44. The maximum atomic E-state index is 12.6. The van der Waals surface area contributed by atoms with Gasteiger partial charge in [0.15, 0.2) is 0 Å². The largest absolute Gasteiger partial charge is 0.338 e. The summed E-state index contributed by atoms with van der Waals surface area (Å²) in [5, 5.41) is 7.06. The molecule has 0 aliphatic carbocycles. The zero-order chi connectivity index (χ0) is 17.9. The van der Waals surface area contributed by atoms with Gasteiger partial charge in [-0.05, 0) is 26.3 Å². The van der Waals surface area contributed by atoms with Crippen LogP contribution in [-0.4, -0.2) is 41.9 Å². The first-order valence-corrected chi connectivity index (χ1v) is 7.57. The smallest absolute Gasteiger partial charge is 0.325 e. The lowest BCUT2D eigenvalue weighted by Crippen LogP contribution is -2.46. The van der Waals surface area contributed by atoms with Gasteiger partial charge < -0.3 is 10.6 Å². The van der Waals surface area contributed by atoms with Crippen molar-refractivity contribution >= 4 is 23.9 Å². The predicted molar refractivity (Wildman–Crippen MR) is 86.0 cm³/mol. The molecule has 1 saturated heterocycles. The second-order valence-electron chi connectivity index (χ2n) is 5.72. The lowest BCUT2D eigenvalue weighted by molar-refractivity contribution is -0.134. The SMILES string of the molecule is CCNC(=O)NC(=O)CN1C(=O)N[C@@](C)(c2ccc(C)cc2)C1=O. The molecule has 1 heterocycles. The molecule has 2 rings (SSSR count). The molecule has 6 amide bonds. The van der Waals surface area contributed by atoms with Crippen LogP contribution in [0.4, 0.5) is 9.59 Å². The molecule has 0 bridgehead atoms. The van der Waals surface area contributed by atoms with E-state index in [2.05, 4.69) is 16.0 Å². The van der Waals surface area contributed by atoms with Gasteiger partial charge in [-0.15, -0.1) is 0 Å². The van der Waals surface area contributed by atoms with Crippen LogP contribution >= 0.6 is 0 Å². The van der Waals surface area contributed by atoms with E-state index in [0.29, 0.717) is 12.1 Å². The van der Waals surface area contributed by atoms with E-state index >= 15 is 0 Å². The van der Waals surface area contributed by atoms with Crippen LogP contribution in [0, 0.1) is 6.92 Å². The van der Waals surface area contributed by atoms with Gasteiger partial charge >= 0.3 is 12.1 Å². The highest BCUT2D eigenvalue weighted by atomic mass is 16.2. The van der Waals surface area contributed by atoms with E-state index < -0.39 is 36.0 Å². The number of hydrogen-bond acceptors (Lipinski definition) is 4. The zero-order valence-corrected chi connectivity index (χ0v) is 13.8. The zero-order valence-electron chi connectivity index (χ0n) is 13.8. The van der Waals surface area contributed by atoms with Crippen molar-refractivity contribution in [2.75, 3.05) is 13.1 Å². The summed E-state index contributed by atoms with van der Waals surface area (Å²) >= 11 is 0. The van der Waals surface area contributed by atoms with Crippen molar-refractivity contribution in [3.05, 3.63) is 35.4 Å². The molecular formula is C16H20N4O4. The van der Waals surface area contributed by atoms with Crippen LogP contribution in [0.25, 0.3) is 0 Å². The molecule has 1 aromatic rings. The maximum absolute atomic E-state index is 12.6. The van der Waals surface area contributed by atoms with E-state index in [1.54, 1.807) is 26.0 Å². The third-order valence-electron chi connectivity index (χ3n) is 3.80. The van der Waals surface area contributed by atoms with Crippen LogP contribution in [0.1, 0.15) is 25.0 Å². The van der Waals surface area contributed by atoms with Crippen molar-refractivity contribution in [2.24, 2.45) is 0 Å². The van der Waals surface area contributed by atoms with Crippen molar-refractivity contribution < 1.29 is 19.2 Å². The summed E-state index contributed by atoms with van der Waals surface area (Å²) in [6.45, 7) is 5.03. The minimum atomic E-state index is -1.24. The second kappa shape index (κ2) is 6.69. The molecular weight excluding hydrogens is 312 g/mol. The molecule has 24 heavy (non-hydrogen) atoms. The third-order valence-corrected chi connectivity index (χ3v) is 3.80. The van der Waals surface area contributed by atoms with Crippen LogP contribution in [0.2, 0.25) is 0 Å². The van der Waals surface area contributed by atoms with Crippen molar-refractivity contribution in [3.63, 3.8) is 0 Å². The fraction of sp³-hybridized carbons (Fsp3) is 0.375. The molecule has 0 saturated carbocycles. The number of nitrogens with zero attached hydrogens (tertiary/aromatic N) is 1. The molecule has 0 unspecified atom stereocenters. The molecule has 128 valence electrons. The van der Waals surface area contributed by atoms with Crippen LogP contribution in [0.3, 0.4) is 0 Å². The first kappa shape index (κ1) is 17.5. The summed E-state index contributed by atoms with van der Waals surface area (Å²) in [7, 11) is 0. The standard InChI is InChI=1S/C16H20N4O4/c1-4-17-14(23)18-12(21)9-20-13(22)16(3,19-15(20)24)11-7-5-10(2)6-8-11/h5-8H,4,9H2,1-3H3,(H,19,24)(H2,17,18,21,23)/t16-/m0/s1. The molecule has 0 aromatic heterocycles. The van der Waals surface area contributed by atoms with Crippen molar-refractivity contribution in [1.82, 2.24) is 20.9 Å². The van der Waals surface area contributed by atoms with Crippen molar-refractivity contribution in [2.45, 2.75) is 26.3 Å². The Bertz CT molecular complexity index is 686. The number of rotatable bonds is 4. The van der Waals surface area contributed by atoms with Gasteiger partial charge in [-0.2, -0.15) is 0 Å². The van der Waals surface area contributed by atoms with Crippen LogP contribution < -0.4 is 16.0 Å². The summed E-state index contributed by atoms with van der Waals surface area (Å²) in [4.78, 5) is 48.7. The minimum absolute atomic E-state index is 0.355. The molecule has 1 aliphatic heterocycles. The van der Waals surface area contributed by atoms with Gasteiger partial charge in [0.1, 0.15) is 12.1 Å². The van der Waals surface area contributed by atoms with Crippen molar-refractivity contribution in [3.8, 4) is 0 Å². The fourth-order valence-corrected chi connectivity index (χ4v) is 2.44. The van der Waals surface area contributed by atoms with E-state index in [-0.39, 0.29) is 0 Å². The van der Waals surface area contributed by atoms with Gasteiger partial charge in [0, 0.05) is 6.54 Å². The Kier molecular flexibility index (Phi) is 4.87. The van der Waals surface area contributed by atoms with E-state index in [1.807, 2.05) is 19.1 Å². The Morgan fingerprint density at radius 3 is 2.42 bits per heavy atom. The van der Waals surface area contributed by atoms with E-state index in [9.17, 15) is 19.2 Å². The topological polar surface area (TPSA) is 108 Å². The first-order chi connectivity index (χ1) is 11.3. The first-order valence-electron chi connectivity index (χ1n) is 7.57. The van der Waals surface area contributed by atoms with Gasteiger partial charge in [-0.25, -0.2) is 9.59 Å². The van der Waals surface area contributed by atoms with Gasteiger partial charge in [-0.3, -0.25) is 19.8 Å². The summed E-state index contributed by atoms with van der Waals surface area (Å²) in [6, 6.07) is 5.84. The Hall–Kier alpha value is -2.90.